The third-order valence-electron chi connectivity index (χ3n) is 4.79. The van der Waals surface area contributed by atoms with E-state index >= 15 is 0 Å². The Hall–Kier alpha value is -3.32. The van der Waals surface area contributed by atoms with Gasteiger partial charge in [0.25, 0.3) is 0 Å². The summed E-state index contributed by atoms with van der Waals surface area (Å²) in [5.41, 5.74) is 4.13. The van der Waals surface area contributed by atoms with E-state index in [0.717, 1.165) is 33.4 Å². The number of allylic oxidation sites excluding steroid dienone is 1. The maximum absolute atomic E-state index is 12.0. The van der Waals surface area contributed by atoms with Gasteiger partial charge in [0.15, 0.2) is 0 Å². The van der Waals surface area contributed by atoms with Gasteiger partial charge in [-0.25, -0.2) is 9.78 Å². The topological polar surface area (TPSA) is 76.6 Å². The first-order valence-electron chi connectivity index (χ1n) is 10.3. The van der Waals surface area contributed by atoms with Crippen molar-refractivity contribution in [2.45, 2.75) is 33.9 Å². The SMILES string of the molecule is C/C=C\Nc1cc(C)nc2c(OCc3c(Cl)cncc3CN(C)C(=O)OCC)cccc12. The summed E-state index contributed by atoms with van der Waals surface area (Å²) in [4.78, 5) is 22.3. The largest absolute Gasteiger partial charge is 0.487 e. The highest BCUT2D eigenvalue weighted by Crippen LogP contribution is 2.31. The molecule has 0 fully saturated rings. The standard InChI is InChI=1S/C24H27ClN4O3/c1-5-10-27-21-11-16(3)28-23-18(21)8-7-9-22(23)32-15-19-17(12-26-13-20(19)25)14-29(4)24(30)31-6-2/h5,7-13H,6,14-15H2,1-4H3,(H,27,28)/b10-5-. The highest BCUT2D eigenvalue weighted by Gasteiger charge is 2.16. The van der Waals surface area contributed by atoms with E-state index in [2.05, 4.69) is 15.3 Å². The van der Waals surface area contributed by atoms with E-state index in [0.29, 0.717) is 23.9 Å². The normalized spacial score (nSPS) is 11.0. The average molecular weight is 455 g/mol. The van der Waals surface area contributed by atoms with Crippen molar-refractivity contribution >= 4 is 34.3 Å². The van der Waals surface area contributed by atoms with Crippen molar-refractivity contribution in [2.75, 3.05) is 19.0 Å². The fraction of sp³-hybridized carbons (Fsp3) is 0.292. The molecule has 168 valence electrons. The van der Waals surface area contributed by atoms with E-state index in [4.69, 9.17) is 21.1 Å². The van der Waals surface area contributed by atoms with Crippen LogP contribution in [0.1, 0.15) is 30.7 Å². The lowest BCUT2D eigenvalue weighted by Crippen LogP contribution is -2.27. The van der Waals surface area contributed by atoms with E-state index in [1.54, 1.807) is 26.4 Å². The number of hydrogen-bond donors (Lipinski definition) is 1. The van der Waals surface area contributed by atoms with E-state index in [-0.39, 0.29) is 6.61 Å². The van der Waals surface area contributed by atoms with Crippen LogP contribution in [-0.4, -0.2) is 34.6 Å². The number of aryl methyl sites for hydroxylation is 1. The molecular weight excluding hydrogens is 428 g/mol. The Bertz CT molecular complexity index is 1130. The molecular formula is C24H27ClN4O3. The highest BCUT2D eigenvalue weighted by atomic mass is 35.5. The van der Waals surface area contributed by atoms with Crippen LogP contribution in [0.4, 0.5) is 10.5 Å². The van der Waals surface area contributed by atoms with Gasteiger partial charge in [0.05, 0.1) is 18.2 Å². The second-order valence-electron chi connectivity index (χ2n) is 7.21. The fourth-order valence-corrected chi connectivity index (χ4v) is 3.49. The van der Waals surface area contributed by atoms with Gasteiger partial charge in [0, 0.05) is 41.8 Å². The lowest BCUT2D eigenvalue weighted by atomic mass is 10.1. The second kappa shape index (κ2) is 10.8. The van der Waals surface area contributed by atoms with Crippen LogP contribution in [0.5, 0.6) is 5.75 Å². The van der Waals surface area contributed by atoms with Gasteiger partial charge in [-0.2, -0.15) is 0 Å². The number of nitrogens with one attached hydrogen (secondary N) is 1. The number of rotatable bonds is 8. The van der Waals surface area contributed by atoms with Crippen LogP contribution < -0.4 is 10.1 Å². The molecule has 0 aliphatic heterocycles. The Morgan fingerprint density at radius 3 is 2.88 bits per heavy atom. The van der Waals surface area contributed by atoms with Crippen molar-refractivity contribution in [3.63, 3.8) is 0 Å². The minimum Gasteiger partial charge on any atom is -0.487 e. The second-order valence-corrected chi connectivity index (χ2v) is 7.62. The summed E-state index contributed by atoms with van der Waals surface area (Å²) in [5, 5.41) is 4.71. The predicted octanol–water partition coefficient (Wildman–Crippen LogP) is 5.70. The van der Waals surface area contributed by atoms with Crippen LogP contribution in [0, 0.1) is 6.92 Å². The highest BCUT2D eigenvalue weighted by molar-refractivity contribution is 6.31. The molecule has 8 heteroatoms. The van der Waals surface area contributed by atoms with E-state index in [1.165, 1.54) is 4.90 Å². The van der Waals surface area contributed by atoms with Gasteiger partial charge >= 0.3 is 6.09 Å². The quantitative estimate of drug-likeness (QED) is 0.470. The molecule has 32 heavy (non-hydrogen) atoms. The summed E-state index contributed by atoms with van der Waals surface area (Å²) in [6, 6.07) is 7.81. The van der Waals surface area contributed by atoms with Crippen LogP contribution in [0.15, 0.2) is 48.9 Å². The minimum absolute atomic E-state index is 0.208. The Morgan fingerprint density at radius 1 is 1.31 bits per heavy atom. The smallest absolute Gasteiger partial charge is 0.409 e. The fourth-order valence-electron chi connectivity index (χ4n) is 3.26. The Balaban J connectivity index is 1.89. The summed E-state index contributed by atoms with van der Waals surface area (Å²) in [6.07, 6.45) is 6.66. The molecule has 0 saturated heterocycles. The maximum atomic E-state index is 12.0. The molecule has 0 spiro atoms. The van der Waals surface area contributed by atoms with Crippen LogP contribution in [0.2, 0.25) is 5.02 Å². The lowest BCUT2D eigenvalue weighted by molar-refractivity contribution is 0.114. The number of ether oxygens (including phenoxy) is 2. The third kappa shape index (κ3) is 5.48. The zero-order chi connectivity index (χ0) is 23.1. The van der Waals surface area contributed by atoms with Crippen molar-refractivity contribution in [2.24, 2.45) is 0 Å². The van der Waals surface area contributed by atoms with Gasteiger partial charge < -0.3 is 19.7 Å². The number of nitrogens with zero attached hydrogens (tertiary/aromatic N) is 3. The van der Waals surface area contributed by atoms with Crippen molar-refractivity contribution in [3.8, 4) is 5.75 Å². The number of benzene rings is 1. The Kier molecular flexibility index (Phi) is 7.89. The molecule has 1 aromatic carbocycles. The molecule has 0 radical (unpaired) electrons. The molecule has 0 unspecified atom stereocenters. The summed E-state index contributed by atoms with van der Waals surface area (Å²) in [6.45, 7) is 6.49. The number of aromatic nitrogens is 2. The molecule has 0 atom stereocenters. The molecule has 0 aliphatic carbocycles. The van der Waals surface area contributed by atoms with Crippen LogP contribution in [0.3, 0.4) is 0 Å². The molecule has 7 nitrogen and oxygen atoms in total. The van der Waals surface area contributed by atoms with Crippen molar-refractivity contribution in [3.05, 3.63) is 70.8 Å². The monoisotopic (exact) mass is 454 g/mol. The van der Waals surface area contributed by atoms with Gasteiger partial charge in [0.1, 0.15) is 17.9 Å². The van der Waals surface area contributed by atoms with E-state index < -0.39 is 6.09 Å². The van der Waals surface area contributed by atoms with Gasteiger partial charge in [-0.05, 0) is 44.7 Å². The summed E-state index contributed by atoms with van der Waals surface area (Å²) < 4.78 is 11.2. The summed E-state index contributed by atoms with van der Waals surface area (Å²) in [7, 11) is 1.67. The number of carbonyl (C=O) groups is 1. The van der Waals surface area contributed by atoms with Crippen LogP contribution in [-0.2, 0) is 17.9 Å². The summed E-state index contributed by atoms with van der Waals surface area (Å²) in [5.74, 6) is 0.646. The molecule has 2 aromatic heterocycles. The number of fused-ring (bicyclic) bond motifs is 1. The zero-order valence-electron chi connectivity index (χ0n) is 18.7. The molecule has 2 heterocycles. The lowest BCUT2D eigenvalue weighted by Gasteiger charge is -2.19. The van der Waals surface area contributed by atoms with Crippen molar-refractivity contribution < 1.29 is 14.3 Å². The Labute approximate surface area is 193 Å². The molecule has 0 saturated carbocycles. The predicted molar refractivity (Wildman–Crippen MR) is 127 cm³/mol. The first kappa shape index (κ1) is 23.3. The molecule has 0 aliphatic rings. The van der Waals surface area contributed by atoms with Gasteiger partial charge in [-0.1, -0.05) is 29.8 Å². The molecule has 3 rings (SSSR count). The number of pyridine rings is 2. The first-order valence-corrected chi connectivity index (χ1v) is 10.7. The average Bonchev–Trinajstić information content (AvgIpc) is 2.77. The molecule has 1 N–H and O–H groups in total. The molecule has 0 bridgehead atoms. The van der Waals surface area contributed by atoms with Crippen LogP contribution in [0.25, 0.3) is 10.9 Å². The van der Waals surface area contributed by atoms with E-state index in [9.17, 15) is 4.79 Å². The van der Waals surface area contributed by atoms with Gasteiger partial charge in [-0.3, -0.25) is 4.98 Å². The Morgan fingerprint density at radius 2 is 2.12 bits per heavy atom. The number of para-hydroxylation sites is 1. The third-order valence-corrected chi connectivity index (χ3v) is 5.11. The molecule has 3 aromatic rings. The summed E-state index contributed by atoms with van der Waals surface area (Å²) >= 11 is 6.44. The maximum Gasteiger partial charge on any atom is 0.409 e. The number of anilines is 1. The van der Waals surface area contributed by atoms with Gasteiger partial charge in [-0.15, -0.1) is 0 Å². The molecule has 1 amide bonds. The van der Waals surface area contributed by atoms with Crippen LogP contribution >= 0.6 is 11.6 Å². The van der Waals surface area contributed by atoms with Gasteiger partial charge in [0.2, 0.25) is 0 Å². The number of hydrogen-bond acceptors (Lipinski definition) is 6. The number of carbonyl (C=O) groups excluding carboxylic acids is 1. The minimum atomic E-state index is -0.408. The number of halogens is 1. The first-order chi connectivity index (χ1) is 15.4. The van der Waals surface area contributed by atoms with Crippen molar-refractivity contribution in [1.82, 2.24) is 14.9 Å². The zero-order valence-corrected chi connectivity index (χ0v) is 19.4. The van der Waals surface area contributed by atoms with E-state index in [1.807, 2.05) is 50.4 Å². The van der Waals surface area contributed by atoms with Crippen molar-refractivity contribution in [1.29, 1.82) is 0 Å². The number of amides is 1.